The second kappa shape index (κ2) is 9.59. The van der Waals surface area contributed by atoms with Gasteiger partial charge in [-0.3, -0.25) is 4.79 Å². The van der Waals surface area contributed by atoms with Crippen molar-refractivity contribution >= 4 is 17.6 Å². The molecule has 5 heteroatoms. The van der Waals surface area contributed by atoms with Crippen LogP contribution in [0.3, 0.4) is 0 Å². The molecule has 0 aliphatic carbocycles. The van der Waals surface area contributed by atoms with Gasteiger partial charge in [0.1, 0.15) is 5.75 Å². The molecule has 2 rings (SSSR count). The van der Waals surface area contributed by atoms with E-state index in [9.17, 15) is 9.59 Å². The van der Waals surface area contributed by atoms with Gasteiger partial charge in [0, 0.05) is 5.69 Å². The van der Waals surface area contributed by atoms with Gasteiger partial charge < -0.3 is 14.8 Å². The summed E-state index contributed by atoms with van der Waals surface area (Å²) in [5.41, 5.74) is 2.95. The summed E-state index contributed by atoms with van der Waals surface area (Å²) in [6.07, 6.45) is -0.121. The lowest BCUT2D eigenvalue weighted by molar-refractivity contribution is -0.122. The van der Waals surface area contributed by atoms with Gasteiger partial charge in [0.25, 0.3) is 5.91 Å². The molecule has 29 heavy (non-hydrogen) atoms. The van der Waals surface area contributed by atoms with Crippen LogP contribution in [0.25, 0.3) is 0 Å². The predicted molar refractivity (Wildman–Crippen MR) is 116 cm³/mol. The van der Waals surface area contributed by atoms with E-state index >= 15 is 0 Å². The van der Waals surface area contributed by atoms with Gasteiger partial charge in [-0.25, -0.2) is 4.79 Å². The molecular formula is C24H31NO4. The van der Waals surface area contributed by atoms with Crippen molar-refractivity contribution in [3.05, 3.63) is 59.2 Å². The Labute approximate surface area is 173 Å². The molecule has 0 heterocycles. The first kappa shape index (κ1) is 22.5. The Morgan fingerprint density at radius 1 is 1.03 bits per heavy atom. The number of ether oxygens (including phenoxy) is 2. The van der Waals surface area contributed by atoms with Crippen molar-refractivity contribution in [2.75, 3.05) is 11.9 Å². The molecule has 0 spiro atoms. The van der Waals surface area contributed by atoms with E-state index < -0.39 is 12.1 Å². The van der Waals surface area contributed by atoms with Crippen LogP contribution in [0.4, 0.5) is 5.69 Å². The minimum Gasteiger partial charge on any atom is -0.481 e. The van der Waals surface area contributed by atoms with Crippen molar-refractivity contribution in [1.82, 2.24) is 0 Å². The molecule has 0 aliphatic rings. The minimum absolute atomic E-state index is 0.0571. The fraction of sp³-hybridized carbons (Fsp3) is 0.417. The average Bonchev–Trinajstić information content (AvgIpc) is 2.67. The summed E-state index contributed by atoms with van der Waals surface area (Å²) in [5, 5.41) is 2.88. The molecule has 0 aromatic heterocycles. The lowest BCUT2D eigenvalue weighted by Crippen LogP contribution is -2.32. The zero-order chi connectivity index (χ0) is 21.6. The van der Waals surface area contributed by atoms with Crippen LogP contribution in [0.2, 0.25) is 0 Å². The summed E-state index contributed by atoms with van der Waals surface area (Å²) in [6, 6.07) is 13.0. The third-order valence-corrected chi connectivity index (χ3v) is 4.75. The quantitative estimate of drug-likeness (QED) is 0.647. The number of carbonyl (C=O) groups excluding carboxylic acids is 2. The summed E-state index contributed by atoms with van der Waals surface area (Å²) in [4.78, 5) is 24.9. The molecule has 0 fully saturated rings. The minimum atomic E-state index is -0.638. The molecule has 2 aromatic carbocycles. The lowest BCUT2D eigenvalue weighted by atomic mass is 9.87. The largest absolute Gasteiger partial charge is 0.481 e. The second-order valence-corrected chi connectivity index (χ2v) is 7.98. The van der Waals surface area contributed by atoms with E-state index in [-0.39, 0.29) is 11.3 Å². The van der Waals surface area contributed by atoms with E-state index in [1.165, 1.54) is 5.56 Å². The van der Waals surface area contributed by atoms with E-state index in [0.29, 0.717) is 35.6 Å². The summed E-state index contributed by atoms with van der Waals surface area (Å²) >= 11 is 0. The summed E-state index contributed by atoms with van der Waals surface area (Å²) in [7, 11) is 0. The zero-order valence-corrected chi connectivity index (χ0v) is 18.2. The lowest BCUT2D eigenvalue weighted by Gasteiger charge is -2.21. The van der Waals surface area contributed by atoms with Gasteiger partial charge >= 0.3 is 5.97 Å². The van der Waals surface area contributed by atoms with Crippen molar-refractivity contribution < 1.29 is 19.1 Å². The molecule has 0 radical (unpaired) electrons. The Hall–Kier alpha value is -2.82. The van der Waals surface area contributed by atoms with E-state index in [1.54, 1.807) is 32.0 Å². The Kier molecular flexibility index (Phi) is 7.43. The monoisotopic (exact) mass is 397 g/mol. The van der Waals surface area contributed by atoms with E-state index in [2.05, 4.69) is 26.1 Å². The van der Waals surface area contributed by atoms with E-state index in [1.807, 2.05) is 31.2 Å². The molecule has 0 saturated heterocycles. The number of hydrogen-bond donors (Lipinski definition) is 1. The molecule has 1 N–H and O–H groups in total. The van der Waals surface area contributed by atoms with Gasteiger partial charge in [0.05, 0.1) is 12.2 Å². The third kappa shape index (κ3) is 5.83. The number of rotatable bonds is 7. The van der Waals surface area contributed by atoms with Gasteiger partial charge in [-0.2, -0.15) is 0 Å². The molecule has 156 valence electrons. The van der Waals surface area contributed by atoms with Crippen LogP contribution >= 0.6 is 0 Å². The van der Waals surface area contributed by atoms with Crippen LogP contribution in [0.15, 0.2) is 42.5 Å². The Bertz CT molecular complexity index is 850. The van der Waals surface area contributed by atoms with Crippen molar-refractivity contribution in [2.24, 2.45) is 0 Å². The molecule has 0 unspecified atom stereocenters. The van der Waals surface area contributed by atoms with Gasteiger partial charge in [-0.05, 0) is 61.1 Å². The maximum Gasteiger partial charge on any atom is 0.338 e. The second-order valence-electron chi connectivity index (χ2n) is 7.98. The van der Waals surface area contributed by atoms with Crippen LogP contribution in [-0.2, 0) is 14.9 Å². The summed E-state index contributed by atoms with van der Waals surface area (Å²) in [5.74, 6) is -0.00293. The SMILES string of the molecule is CCOC(=O)c1cccc(NC(=O)[C@H](CC)Oc2ccc(C(C)(C)C)cc2)c1C. The van der Waals surface area contributed by atoms with Crippen LogP contribution in [0.1, 0.15) is 62.5 Å². The van der Waals surface area contributed by atoms with Crippen LogP contribution in [-0.4, -0.2) is 24.6 Å². The van der Waals surface area contributed by atoms with Gasteiger partial charge in [0.15, 0.2) is 6.10 Å². The number of nitrogens with one attached hydrogen (secondary N) is 1. The van der Waals surface area contributed by atoms with Crippen LogP contribution in [0, 0.1) is 6.92 Å². The smallest absolute Gasteiger partial charge is 0.338 e. The first-order valence-electron chi connectivity index (χ1n) is 10.0. The van der Waals surface area contributed by atoms with Gasteiger partial charge in [-0.15, -0.1) is 0 Å². The highest BCUT2D eigenvalue weighted by atomic mass is 16.5. The standard InChI is InChI=1S/C24H31NO4/c1-7-21(29-18-14-12-17(13-15-18)24(4,5)6)22(26)25-20-11-9-10-19(16(20)3)23(27)28-8-2/h9-15,21H,7-8H2,1-6H3,(H,25,26)/t21-/m0/s1. The van der Waals surface area contributed by atoms with Crippen molar-refractivity contribution in [1.29, 1.82) is 0 Å². The molecule has 5 nitrogen and oxygen atoms in total. The Morgan fingerprint density at radius 2 is 1.69 bits per heavy atom. The molecular weight excluding hydrogens is 366 g/mol. The molecule has 0 bridgehead atoms. The number of esters is 1. The van der Waals surface area contributed by atoms with E-state index in [0.717, 1.165) is 0 Å². The molecule has 0 saturated carbocycles. The molecule has 1 amide bonds. The summed E-state index contributed by atoms with van der Waals surface area (Å²) < 4.78 is 11.0. The van der Waals surface area contributed by atoms with Crippen molar-refractivity contribution in [3.8, 4) is 5.75 Å². The highest BCUT2D eigenvalue weighted by Gasteiger charge is 2.21. The van der Waals surface area contributed by atoms with Gasteiger partial charge in [-0.1, -0.05) is 45.9 Å². The first-order chi connectivity index (χ1) is 13.7. The summed E-state index contributed by atoms with van der Waals surface area (Å²) in [6.45, 7) is 12.2. The number of anilines is 1. The first-order valence-corrected chi connectivity index (χ1v) is 10.0. The maximum absolute atomic E-state index is 12.8. The predicted octanol–water partition coefficient (Wildman–Crippen LogP) is 5.27. The number of hydrogen-bond acceptors (Lipinski definition) is 4. The third-order valence-electron chi connectivity index (χ3n) is 4.75. The number of benzene rings is 2. The normalized spacial score (nSPS) is 12.2. The molecule has 2 aromatic rings. The van der Waals surface area contributed by atoms with Crippen molar-refractivity contribution in [2.45, 2.75) is 59.5 Å². The highest BCUT2D eigenvalue weighted by Crippen LogP contribution is 2.25. The highest BCUT2D eigenvalue weighted by molar-refractivity contribution is 5.98. The van der Waals surface area contributed by atoms with Gasteiger partial charge in [0.2, 0.25) is 0 Å². The van der Waals surface area contributed by atoms with Crippen molar-refractivity contribution in [3.63, 3.8) is 0 Å². The molecule has 0 aliphatic heterocycles. The average molecular weight is 398 g/mol. The zero-order valence-electron chi connectivity index (χ0n) is 18.2. The Balaban J connectivity index is 2.12. The number of carbonyl (C=O) groups is 2. The fourth-order valence-corrected chi connectivity index (χ4v) is 2.93. The Morgan fingerprint density at radius 3 is 2.24 bits per heavy atom. The number of amides is 1. The van der Waals surface area contributed by atoms with Crippen LogP contribution < -0.4 is 10.1 Å². The molecule has 1 atom stereocenters. The van der Waals surface area contributed by atoms with E-state index in [4.69, 9.17) is 9.47 Å². The fourth-order valence-electron chi connectivity index (χ4n) is 2.93. The maximum atomic E-state index is 12.8. The topological polar surface area (TPSA) is 64.6 Å². The van der Waals surface area contributed by atoms with Crippen LogP contribution in [0.5, 0.6) is 5.75 Å².